The Labute approximate surface area is 125 Å². The van der Waals surface area contributed by atoms with Crippen molar-refractivity contribution in [2.45, 2.75) is 11.8 Å². The van der Waals surface area contributed by atoms with E-state index in [1.165, 1.54) is 6.07 Å². The Morgan fingerprint density at radius 1 is 1.15 bits per heavy atom. The maximum absolute atomic E-state index is 13.4. The topological polar surface area (TPSA) is 26.0 Å². The van der Waals surface area contributed by atoms with E-state index in [1.807, 2.05) is 24.3 Å². The van der Waals surface area contributed by atoms with E-state index in [4.69, 9.17) is 27.6 Å². The second-order valence-corrected chi connectivity index (χ2v) is 5.29. The van der Waals surface area contributed by atoms with Crippen LogP contribution in [0.25, 0.3) is 11.1 Å². The van der Waals surface area contributed by atoms with E-state index < -0.39 is 11.2 Å². The molecule has 20 heavy (non-hydrogen) atoms. The Morgan fingerprint density at radius 2 is 1.95 bits per heavy atom. The number of benzene rings is 2. The van der Waals surface area contributed by atoms with Crippen molar-refractivity contribution in [2.75, 3.05) is 0 Å². The second kappa shape index (κ2) is 5.43. The molecular weight excluding hydrogens is 300 g/mol. The lowest BCUT2D eigenvalue weighted by atomic mass is 10.1. The number of aromatic nitrogens is 1. The highest BCUT2D eigenvalue weighted by molar-refractivity contribution is 6.33. The molecule has 0 N–H and O–H groups in total. The van der Waals surface area contributed by atoms with Crippen molar-refractivity contribution in [2.24, 2.45) is 0 Å². The molecule has 102 valence electrons. The van der Waals surface area contributed by atoms with Crippen molar-refractivity contribution in [1.29, 1.82) is 0 Å². The van der Waals surface area contributed by atoms with Gasteiger partial charge in [-0.05, 0) is 23.8 Å². The van der Waals surface area contributed by atoms with Crippen LogP contribution >= 0.6 is 23.2 Å². The van der Waals surface area contributed by atoms with Gasteiger partial charge in [0.1, 0.15) is 11.3 Å². The van der Waals surface area contributed by atoms with Gasteiger partial charge in [-0.2, -0.15) is 0 Å². The lowest BCUT2D eigenvalue weighted by Crippen LogP contribution is -1.98. The van der Waals surface area contributed by atoms with Gasteiger partial charge in [0.25, 0.3) is 0 Å². The van der Waals surface area contributed by atoms with Crippen molar-refractivity contribution in [3.05, 3.63) is 64.8 Å². The number of hydrogen-bond donors (Lipinski definition) is 0. The molecule has 1 atom stereocenters. The van der Waals surface area contributed by atoms with Gasteiger partial charge in [-0.3, -0.25) is 0 Å². The maximum atomic E-state index is 13.4. The Kier molecular flexibility index (Phi) is 3.64. The number of hydrogen-bond acceptors (Lipinski definition) is 2. The van der Waals surface area contributed by atoms with Crippen molar-refractivity contribution in [3.63, 3.8) is 0 Å². The fourth-order valence-electron chi connectivity index (χ4n) is 2.03. The highest BCUT2D eigenvalue weighted by Gasteiger charge is 2.18. The van der Waals surface area contributed by atoms with Gasteiger partial charge >= 0.3 is 0 Å². The molecular formula is C15H10Cl2FNO. The first-order valence-corrected chi connectivity index (χ1v) is 6.89. The SMILES string of the molecule is Fc1cccc(C(Cl)Cc2nc3ccccc3o2)c1Cl. The maximum Gasteiger partial charge on any atom is 0.197 e. The molecule has 2 nitrogen and oxygen atoms in total. The number of halogens is 3. The summed E-state index contributed by atoms with van der Waals surface area (Å²) >= 11 is 12.2. The van der Waals surface area contributed by atoms with E-state index in [0.29, 0.717) is 23.5 Å². The lowest BCUT2D eigenvalue weighted by Gasteiger charge is -2.09. The number of rotatable bonds is 3. The molecule has 0 bridgehead atoms. The fraction of sp³-hybridized carbons (Fsp3) is 0.133. The minimum Gasteiger partial charge on any atom is -0.441 e. The molecule has 0 fully saturated rings. The van der Waals surface area contributed by atoms with Crippen molar-refractivity contribution in [3.8, 4) is 0 Å². The number of oxazole rings is 1. The van der Waals surface area contributed by atoms with Crippen molar-refractivity contribution in [1.82, 2.24) is 4.98 Å². The molecule has 0 aliphatic rings. The van der Waals surface area contributed by atoms with Crippen LogP contribution in [-0.4, -0.2) is 4.98 Å². The first kappa shape index (κ1) is 13.4. The normalized spacial score (nSPS) is 12.8. The van der Waals surface area contributed by atoms with Gasteiger partial charge in [0.05, 0.1) is 10.4 Å². The predicted octanol–water partition coefficient (Wildman–Crippen LogP) is 5.14. The first-order chi connectivity index (χ1) is 9.65. The van der Waals surface area contributed by atoms with Gasteiger partial charge in [0, 0.05) is 6.42 Å². The zero-order chi connectivity index (χ0) is 14.1. The van der Waals surface area contributed by atoms with Crippen LogP contribution < -0.4 is 0 Å². The molecule has 5 heteroatoms. The molecule has 0 saturated carbocycles. The van der Waals surface area contributed by atoms with Crippen LogP contribution in [0.15, 0.2) is 46.9 Å². The van der Waals surface area contributed by atoms with Crippen LogP contribution in [-0.2, 0) is 6.42 Å². The predicted molar refractivity (Wildman–Crippen MR) is 77.7 cm³/mol. The minimum absolute atomic E-state index is 0.0450. The van der Waals surface area contributed by atoms with Crippen molar-refractivity contribution < 1.29 is 8.81 Å². The number of nitrogens with zero attached hydrogens (tertiary/aromatic N) is 1. The Hall–Kier alpha value is -1.58. The van der Waals surface area contributed by atoms with Gasteiger partial charge in [0.15, 0.2) is 11.5 Å². The zero-order valence-corrected chi connectivity index (χ0v) is 11.8. The zero-order valence-electron chi connectivity index (χ0n) is 10.3. The molecule has 0 radical (unpaired) electrons. The standard InChI is InChI=1S/C15H10Cl2FNO/c16-10(9-4-3-5-11(18)15(9)17)8-14-19-12-6-1-2-7-13(12)20-14/h1-7,10H,8H2. The Balaban J connectivity index is 1.88. The minimum atomic E-state index is -0.494. The third-order valence-electron chi connectivity index (χ3n) is 3.01. The summed E-state index contributed by atoms with van der Waals surface area (Å²) in [5.41, 5.74) is 2.02. The van der Waals surface area contributed by atoms with Crippen LogP contribution in [0.4, 0.5) is 4.39 Å². The van der Waals surface area contributed by atoms with E-state index in [1.54, 1.807) is 12.1 Å². The molecule has 0 aliphatic carbocycles. The molecule has 1 heterocycles. The van der Waals surface area contributed by atoms with E-state index in [9.17, 15) is 4.39 Å². The third-order valence-corrected chi connectivity index (χ3v) is 3.80. The first-order valence-electron chi connectivity index (χ1n) is 6.07. The van der Waals surface area contributed by atoms with Crippen molar-refractivity contribution >= 4 is 34.3 Å². The number of fused-ring (bicyclic) bond motifs is 1. The molecule has 0 amide bonds. The number of alkyl halides is 1. The summed E-state index contributed by atoms with van der Waals surface area (Å²) in [4.78, 5) is 4.34. The molecule has 3 rings (SSSR count). The second-order valence-electron chi connectivity index (χ2n) is 4.39. The lowest BCUT2D eigenvalue weighted by molar-refractivity contribution is 0.524. The quantitative estimate of drug-likeness (QED) is 0.626. The third kappa shape index (κ3) is 2.51. The molecule has 0 saturated heterocycles. The van der Waals surface area contributed by atoms with Gasteiger partial charge in [-0.1, -0.05) is 35.9 Å². The molecule has 3 aromatic rings. The summed E-state index contributed by atoms with van der Waals surface area (Å²) in [6.45, 7) is 0. The van der Waals surface area contributed by atoms with E-state index in [2.05, 4.69) is 4.98 Å². The van der Waals surface area contributed by atoms with Crippen LogP contribution in [0.2, 0.25) is 5.02 Å². The largest absolute Gasteiger partial charge is 0.441 e. The highest BCUT2D eigenvalue weighted by atomic mass is 35.5. The van der Waals surface area contributed by atoms with Crippen LogP contribution in [0.3, 0.4) is 0 Å². The average molecular weight is 310 g/mol. The van der Waals surface area contributed by atoms with Crippen LogP contribution in [0.5, 0.6) is 0 Å². The fourth-order valence-corrected chi connectivity index (χ4v) is 2.66. The summed E-state index contributed by atoms with van der Waals surface area (Å²) in [6, 6.07) is 12.0. The smallest absolute Gasteiger partial charge is 0.197 e. The van der Waals surface area contributed by atoms with E-state index >= 15 is 0 Å². The summed E-state index contributed by atoms with van der Waals surface area (Å²) in [7, 11) is 0. The molecule has 2 aromatic carbocycles. The monoisotopic (exact) mass is 309 g/mol. The van der Waals surface area contributed by atoms with E-state index in [-0.39, 0.29) is 5.02 Å². The highest BCUT2D eigenvalue weighted by Crippen LogP contribution is 2.32. The van der Waals surface area contributed by atoms with Gasteiger partial charge in [-0.25, -0.2) is 9.37 Å². The molecule has 0 aliphatic heterocycles. The Morgan fingerprint density at radius 3 is 2.75 bits per heavy atom. The average Bonchev–Trinajstić information content (AvgIpc) is 2.83. The van der Waals surface area contributed by atoms with Crippen LogP contribution in [0.1, 0.15) is 16.8 Å². The van der Waals surface area contributed by atoms with Crippen LogP contribution in [0, 0.1) is 5.82 Å². The van der Waals surface area contributed by atoms with Gasteiger partial charge in [0.2, 0.25) is 0 Å². The molecule has 1 aromatic heterocycles. The summed E-state index contributed by atoms with van der Waals surface area (Å²) < 4.78 is 19.0. The molecule has 1 unspecified atom stereocenters. The number of para-hydroxylation sites is 2. The van der Waals surface area contributed by atoms with Gasteiger partial charge < -0.3 is 4.42 Å². The van der Waals surface area contributed by atoms with E-state index in [0.717, 1.165) is 5.52 Å². The van der Waals surface area contributed by atoms with Gasteiger partial charge in [-0.15, -0.1) is 11.6 Å². The Bertz CT molecular complexity index is 723. The summed E-state index contributed by atoms with van der Waals surface area (Å²) in [6.07, 6.45) is 0.347. The molecule has 0 spiro atoms. The summed E-state index contributed by atoms with van der Waals surface area (Å²) in [5.74, 6) is 0.0268. The summed E-state index contributed by atoms with van der Waals surface area (Å²) in [5, 5.41) is -0.449.